The van der Waals surface area contributed by atoms with Crippen molar-refractivity contribution in [3.05, 3.63) is 34.1 Å². The maximum absolute atomic E-state index is 13.4. The molecule has 1 aromatic carbocycles. The minimum atomic E-state index is -0.413. The molecule has 0 aromatic heterocycles. The van der Waals surface area contributed by atoms with Crippen molar-refractivity contribution in [1.82, 2.24) is 5.32 Å². The number of benzene rings is 1. The molecule has 0 bridgehead atoms. The summed E-state index contributed by atoms with van der Waals surface area (Å²) >= 11 is 6.74. The lowest BCUT2D eigenvalue weighted by Crippen LogP contribution is -2.34. The standard InChI is InChI=1S/C14H16Br2FNO/c15-11-4-2-1-3-10(11)8-18-14(19)9-5-6-12(16)13(17)7-9/h5-7,10-11H,1-4,8H2,(H,18,19). The van der Waals surface area contributed by atoms with E-state index in [1.54, 1.807) is 12.1 Å². The van der Waals surface area contributed by atoms with Crippen LogP contribution in [-0.4, -0.2) is 17.3 Å². The van der Waals surface area contributed by atoms with Gasteiger partial charge in [0.1, 0.15) is 5.82 Å². The summed E-state index contributed by atoms with van der Waals surface area (Å²) in [6.45, 7) is 0.645. The number of carbonyl (C=O) groups excluding carboxylic acids is 1. The monoisotopic (exact) mass is 391 g/mol. The molecule has 1 fully saturated rings. The predicted molar refractivity (Wildman–Crippen MR) is 81.1 cm³/mol. The Hall–Kier alpha value is -0.420. The molecule has 1 amide bonds. The third-order valence-corrected chi connectivity index (χ3v) is 5.37. The molecule has 1 N–H and O–H groups in total. The van der Waals surface area contributed by atoms with Crippen LogP contribution in [0.1, 0.15) is 36.0 Å². The average molecular weight is 393 g/mol. The molecule has 0 spiro atoms. The number of halogens is 3. The van der Waals surface area contributed by atoms with Crippen LogP contribution in [0.5, 0.6) is 0 Å². The van der Waals surface area contributed by atoms with Crippen LogP contribution in [0.4, 0.5) is 4.39 Å². The molecule has 19 heavy (non-hydrogen) atoms. The maximum Gasteiger partial charge on any atom is 0.251 e. The van der Waals surface area contributed by atoms with Crippen LogP contribution in [0.25, 0.3) is 0 Å². The molecule has 1 aromatic rings. The normalized spacial score (nSPS) is 23.1. The fraction of sp³-hybridized carbons (Fsp3) is 0.500. The van der Waals surface area contributed by atoms with Gasteiger partial charge in [-0.1, -0.05) is 28.8 Å². The van der Waals surface area contributed by atoms with Gasteiger partial charge in [-0.15, -0.1) is 0 Å². The van der Waals surface area contributed by atoms with Gasteiger partial charge in [0.25, 0.3) is 5.91 Å². The smallest absolute Gasteiger partial charge is 0.251 e. The lowest BCUT2D eigenvalue weighted by molar-refractivity contribution is 0.0944. The molecule has 0 heterocycles. The zero-order valence-electron chi connectivity index (χ0n) is 10.5. The van der Waals surface area contributed by atoms with Crippen molar-refractivity contribution in [3.8, 4) is 0 Å². The van der Waals surface area contributed by atoms with E-state index in [9.17, 15) is 9.18 Å². The van der Waals surface area contributed by atoms with Crippen molar-refractivity contribution in [2.24, 2.45) is 5.92 Å². The van der Waals surface area contributed by atoms with Gasteiger partial charge in [0.05, 0.1) is 4.47 Å². The van der Waals surface area contributed by atoms with Crippen molar-refractivity contribution < 1.29 is 9.18 Å². The number of alkyl halides is 1. The molecule has 1 saturated carbocycles. The van der Waals surface area contributed by atoms with E-state index in [0.29, 0.717) is 27.3 Å². The van der Waals surface area contributed by atoms with Crippen LogP contribution in [0.15, 0.2) is 22.7 Å². The highest BCUT2D eigenvalue weighted by molar-refractivity contribution is 9.10. The van der Waals surface area contributed by atoms with Gasteiger partial charge in [-0.05, 0) is 52.9 Å². The van der Waals surface area contributed by atoms with Crippen LogP contribution in [-0.2, 0) is 0 Å². The first kappa shape index (κ1) is 15.0. The second-order valence-corrected chi connectivity index (χ2v) is 6.93. The van der Waals surface area contributed by atoms with Crippen molar-refractivity contribution in [1.29, 1.82) is 0 Å². The molecular weight excluding hydrogens is 377 g/mol. The van der Waals surface area contributed by atoms with Crippen LogP contribution in [0.3, 0.4) is 0 Å². The first-order chi connectivity index (χ1) is 9.08. The third kappa shape index (κ3) is 4.02. The van der Waals surface area contributed by atoms with Crippen LogP contribution in [0, 0.1) is 11.7 Å². The Balaban J connectivity index is 1.91. The molecule has 2 nitrogen and oxygen atoms in total. The first-order valence-corrected chi connectivity index (χ1v) is 8.16. The topological polar surface area (TPSA) is 29.1 Å². The fourth-order valence-corrected chi connectivity index (χ4v) is 3.38. The summed E-state index contributed by atoms with van der Waals surface area (Å²) in [6.07, 6.45) is 4.76. The zero-order chi connectivity index (χ0) is 13.8. The Morgan fingerprint density at radius 3 is 2.79 bits per heavy atom. The number of hydrogen-bond acceptors (Lipinski definition) is 1. The van der Waals surface area contributed by atoms with Crippen molar-refractivity contribution in [2.75, 3.05) is 6.54 Å². The Labute approximate surface area is 129 Å². The molecule has 104 valence electrons. The van der Waals surface area contributed by atoms with E-state index in [-0.39, 0.29) is 5.91 Å². The van der Waals surface area contributed by atoms with E-state index >= 15 is 0 Å². The lowest BCUT2D eigenvalue weighted by Gasteiger charge is -2.27. The fourth-order valence-electron chi connectivity index (χ4n) is 2.36. The predicted octanol–water partition coefficient (Wildman–Crippen LogP) is 4.27. The highest BCUT2D eigenvalue weighted by atomic mass is 79.9. The number of rotatable bonds is 3. The van der Waals surface area contributed by atoms with Gasteiger partial charge in [-0.3, -0.25) is 4.79 Å². The minimum Gasteiger partial charge on any atom is -0.352 e. The summed E-state index contributed by atoms with van der Waals surface area (Å²) in [4.78, 5) is 12.4. The van der Waals surface area contributed by atoms with Gasteiger partial charge in [-0.2, -0.15) is 0 Å². The van der Waals surface area contributed by atoms with Gasteiger partial charge < -0.3 is 5.32 Å². The molecule has 0 radical (unpaired) electrons. The molecule has 5 heteroatoms. The minimum absolute atomic E-state index is 0.211. The molecule has 2 unspecified atom stereocenters. The van der Waals surface area contributed by atoms with Crippen molar-refractivity contribution in [3.63, 3.8) is 0 Å². The molecule has 2 atom stereocenters. The van der Waals surface area contributed by atoms with Gasteiger partial charge in [0.15, 0.2) is 0 Å². The van der Waals surface area contributed by atoms with Gasteiger partial charge in [-0.25, -0.2) is 4.39 Å². The third-order valence-electron chi connectivity index (χ3n) is 3.52. The van der Waals surface area contributed by atoms with Crippen LogP contribution >= 0.6 is 31.9 Å². The molecular formula is C14H16Br2FNO. The second-order valence-electron chi connectivity index (χ2n) is 4.90. The molecule has 0 aliphatic heterocycles. The van der Waals surface area contributed by atoms with E-state index in [0.717, 1.165) is 12.8 Å². The van der Waals surface area contributed by atoms with E-state index in [1.165, 1.54) is 18.9 Å². The lowest BCUT2D eigenvalue weighted by atomic mass is 9.89. The highest BCUT2D eigenvalue weighted by Gasteiger charge is 2.23. The Morgan fingerprint density at radius 1 is 1.37 bits per heavy atom. The first-order valence-electron chi connectivity index (χ1n) is 6.45. The van der Waals surface area contributed by atoms with E-state index < -0.39 is 5.82 Å². The SMILES string of the molecule is O=C(NCC1CCCCC1Br)c1ccc(Br)c(F)c1. The van der Waals surface area contributed by atoms with Gasteiger partial charge in [0, 0.05) is 16.9 Å². The molecule has 2 rings (SSSR count). The van der Waals surface area contributed by atoms with Crippen LogP contribution in [0.2, 0.25) is 0 Å². The van der Waals surface area contributed by atoms with Gasteiger partial charge >= 0.3 is 0 Å². The molecule has 1 aliphatic rings. The zero-order valence-corrected chi connectivity index (χ0v) is 13.6. The van der Waals surface area contributed by atoms with Gasteiger partial charge in [0.2, 0.25) is 0 Å². The summed E-state index contributed by atoms with van der Waals surface area (Å²) in [5, 5.41) is 2.89. The average Bonchev–Trinajstić information content (AvgIpc) is 2.40. The summed E-state index contributed by atoms with van der Waals surface area (Å²) in [6, 6.07) is 4.43. The Kier molecular flexibility index (Phi) is 5.39. The van der Waals surface area contributed by atoms with E-state index in [2.05, 4.69) is 37.2 Å². The summed E-state index contributed by atoms with van der Waals surface area (Å²) in [7, 11) is 0. The summed E-state index contributed by atoms with van der Waals surface area (Å²) in [5.74, 6) is -0.154. The number of hydrogen-bond donors (Lipinski definition) is 1. The summed E-state index contributed by atoms with van der Waals surface area (Å²) < 4.78 is 13.7. The van der Waals surface area contributed by atoms with Crippen molar-refractivity contribution in [2.45, 2.75) is 30.5 Å². The number of amides is 1. The van der Waals surface area contributed by atoms with E-state index in [1.807, 2.05) is 0 Å². The quantitative estimate of drug-likeness (QED) is 0.764. The largest absolute Gasteiger partial charge is 0.352 e. The Bertz CT molecular complexity index is 467. The molecule has 1 aliphatic carbocycles. The van der Waals surface area contributed by atoms with Crippen LogP contribution < -0.4 is 5.32 Å². The highest BCUT2D eigenvalue weighted by Crippen LogP contribution is 2.29. The summed E-state index contributed by atoms with van der Waals surface area (Å²) in [5.41, 5.74) is 0.364. The van der Waals surface area contributed by atoms with E-state index in [4.69, 9.17) is 0 Å². The maximum atomic E-state index is 13.4. The van der Waals surface area contributed by atoms with Crippen molar-refractivity contribution >= 4 is 37.8 Å². The number of nitrogens with one attached hydrogen (secondary N) is 1. The second kappa shape index (κ2) is 6.84. The Morgan fingerprint density at radius 2 is 2.11 bits per heavy atom. The number of carbonyl (C=O) groups is 1. The molecule has 0 saturated heterocycles.